The number of hydrogen-bond acceptors (Lipinski definition) is 1. The van der Waals surface area contributed by atoms with Crippen molar-refractivity contribution in [2.45, 2.75) is 45.4 Å². The third-order valence-corrected chi connectivity index (χ3v) is 4.81. The van der Waals surface area contributed by atoms with Gasteiger partial charge in [0.25, 0.3) is 0 Å². The quantitative estimate of drug-likeness (QED) is 0.262. The molecule has 0 N–H and O–H groups in total. The number of benzene rings is 2. The molecule has 0 atom stereocenters. The van der Waals surface area contributed by atoms with E-state index in [0.29, 0.717) is 5.56 Å². The van der Waals surface area contributed by atoms with E-state index in [1.54, 1.807) is 6.08 Å². The largest absolute Gasteiger partial charge is 0.289 e. The fraction of sp³-hybridized carbons (Fsp3) is 0.318. The highest BCUT2D eigenvalue weighted by atomic mass is 79.9. The van der Waals surface area contributed by atoms with Gasteiger partial charge in [-0.3, -0.25) is 4.79 Å². The Balaban J connectivity index is 1.87. The predicted molar refractivity (Wildman–Crippen MR) is 106 cm³/mol. The standard InChI is InChI=1S/C22H25BrO/c1-2-3-4-5-6-9-18-12-14-19(15-13-18)16-17-22(24)20-10-7-8-11-21(20)23/h7-8,10-17H,2-6,9H2,1H3. The highest BCUT2D eigenvalue weighted by Gasteiger charge is 2.05. The summed E-state index contributed by atoms with van der Waals surface area (Å²) in [5.41, 5.74) is 3.13. The lowest BCUT2D eigenvalue weighted by molar-refractivity contribution is 0.104. The van der Waals surface area contributed by atoms with Gasteiger partial charge in [-0.2, -0.15) is 0 Å². The van der Waals surface area contributed by atoms with Crippen LogP contribution in [0.5, 0.6) is 0 Å². The molecule has 2 heteroatoms. The molecular formula is C22H25BrO. The summed E-state index contributed by atoms with van der Waals surface area (Å²) in [4.78, 5) is 12.2. The van der Waals surface area contributed by atoms with Crippen molar-refractivity contribution in [3.8, 4) is 0 Å². The van der Waals surface area contributed by atoms with Gasteiger partial charge in [-0.05, 0) is 42.2 Å². The molecule has 0 aliphatic carbocycles. The molecule has 0 aliphatic rings. The molecule has 0 heterocycles. The van der Waals surface area contributed by atoms with E-state index >= 15 is 0 Å². The summed E-state index contributed by atoms with van der Waals surface area (Å²) in [5, 5.41) is 0. The molecular weight excluding hydrogens is 360 g/mol. The number of carbonyl (C=O) groups is 1. The van der Waals surface area contributed by atoms with E-state index in [4.69, 9.17) is 0 Å². The van der Waals surface area contributed by atoms with Crippen LogP contribution in [0.15, 0.2) is 59.1 Å². The van der Waals surface area contributed by atoms with Crippen LogP contribution in [-0.2, 0) is 6.42 Å². The van der Waals surface area contributed by atoms with Crippen LogP contribution in [-0.4, -0.2) is 5.78 Å². The van der Waals surface area contributed by atoms with Crippen molar-refractivity contribution in [3.63, 3.8) is 0 Å². The first-order valence-electron chi connectivity index (χ1n) is 8.76. The second-order valence-electron chi connectivity index (χ2n) is 6.08. The highest BCUT2D eigenvalue weighted by Crippen LogP contribution is 2.17. The maximum absolute atomic E-state index is 12.2. The van der Waals surface area contributed by atoms with Crippen molar-refractivity contribution < 1.29 is 4.79 Å². The van der Waals surface area contributed by atoms with Gasteiger partial charge in [0.05, 0.1) is 0 Å². The van der Waals surface area contributed by atoms with Gasteiger partial charge < -0.3 is 0 Å². The van der Waals surface area contributed by atoms with Crippen LogP contribution in [0.3, 0.4) is 0 Å². The van der Waals surface area contributed by atoms with E-state index in [1.165, 1.54) is 37.7 Å². The van der Waals surface area contributed by atoms with Gasteiger partial charge in [0, 0.05) is 10.0 Å². The second kappa shape index (κ2) is 10.2. The number of allylic oxidation sites excluding steroid dienone is 1. The molecule has 126 valence electrons. The zero-order valence-corrected chi connectivity index (χ0v) is 15.9. The number of rotatable bonds is 9. The average molecular weight is 385 g/mol. The first kappa shape index (κ1) is 18.7. The number of unbranched alkanes of at least 4 members (excludes halogenated alkanes) is 4. The zero-order valence-electron chi connectivity index (χ0n) is 14.3. The number of hydrogen-bond donors (Lipinski definition) is 0. The zero-order chi connectivity index (χ0) is 17.2. The summed E-state index contributed by atoms with van der Waals surface area (Å²) in [7, 11) is 0. The summed E-state index contributed by atoms with van der Waals surface area (Å²) in [6.07, 6.45) is 11.2. The average Bonchev–Trinajstić information content (AvgIpc) is 2.61. The van der Waals surface area contributed by atoms with E-state index in [2.05, 4.69) is 47.1 Å². The van der Waals surface area contributed by atoms with Gasteiger partial charge in [-0.25, -0.2) is 0 Å². The fourth-order valence-electron chi connectivity index (χ4n) is 2.65. The molecule has 2 rings (SSSR count). The van der Waals surface area contributed by atoms with E-state index in [1.807, 2.05) is 30.3 Å². The molecule has 0 bridgehead atoms. The van der Waals surface area contributed by atoms with Crippen LogP contribution in [0, 0.1) is 0 Å². The van der Waals surface area contributed by atoms with Crippen molar-refractivity contribution >= 4 is 27.8 Å². The molecule has 2 aromatic rings. The van der Waals surface area contributed by atoms with Gasteiger partial charge in [-0.1, -0.05) is 91.0 Å². The minimum atomic E-state index is 0.0162. The highest BCUT2D eigenvalue weighted by molar-refractivity contribution is 9.10. The normalized spacial score (nSPS) is 11.1. The Kier molecular flexibility index (Phi) is 7.97. The maximum atomic E-state index is 12.2. The lowest BCUT2D eigenvalue weighted by Gasteiger charge is -2.03. The number of aryl methyl sites for hydroxylation is 1. The van der Waals surface area contributed by atoms with Gasteiger partial charge in [0.15, 0.2) is 5.78 Å². The van der Waals surface area contributed by atoms with E-state index < -0.39 is 0 Å². The molecule has 0 fully saturated rings. The van der Waals surface area contributed by atoms with Crippen molar-refractivity contribution in [1.29, 1.82) is 0 Å². The lowest BCUT2D eigenvalue weighted by atomic mass is 10.0. The maximum Gasteiger partial charge on any atom is 0.186 e. The van der Waals surface area contributed by atoms with Crippen molar-refractivity contribution in [3.05, 3.63) is 75.8 Å². The smallest absolute Gasteiger partial charge is 0.186 e. The molecule has 1 nitrogen and oxygen atoms in total. The minimum Gasteiger partial charge on any atom is -0.289 e. The van der Waals surface area contributed by atoms with E-state index in [0.717, 1.165) is 16.5 Å². The molecule has 0 spiro atoms. The molecule has 0 aliphatic heterocycles. The van der Waals surface area contributed by atoms with E-state index in [9.17, 15) is 4.79 Å². The molecule has 2 aromatic carbocycles. The third kappa shape index (κ3) is 6.09. The summed E-state index contributed by atoms with van der Waals surface area (Å²) >= 11 is 3.42. The number of ketones is 1. The Morgan fingerprint density at radius 1 is 0.958 bits per heavy atom. The van der Waals surface area contributed by atoms with Gasteiger partial charge in [0.2, 0.25) is 0 Å². The predicted octanol–water partition coefficient (Wildman–Crippen LogP) is 6.86. The monoisotopic (exact) mass is 384 g/mol. The first-order valence-corrected chi connectivity index (χ1v) is 9.56. The van der Waals surface area contributed by atoms with Crippen LogP contribution in [0.25, 0.3) is 6.08 Å². The number of halogens is 1. The second-order valence-corrected chi connectivity index (χ2v) is 6.94. The van der Waals surface area contributed by atoms with Crippen molar-refractivity contribution in [1.82, 2.24) is 0 Å². The summed E-state index contributed by atoms with van der Waals surface area (Å²) in [6.45, 7) is 2.24. The molecule has 0 saturated heterocycles. The fourth-order valence-corrected chi connectivity index (χ4v) is 3.13. The Morgan fingerprint density at radius 3 is 2.38 bits per heavy atom. The molecule has 24 heavy (non-hydrogen) atoms. The van der Waals surface area contributed by atoms with Crippen LogP contribution < -0.4 is 0 Å². The van der Waals surface area contributed by atoms with Gasteiger partial charge >= 0.3 is 0 Å². The van der Waals surface area contributed by atoms with E-state index in [-0.39, 0.29) is 5.78 Å². The Hall–Kier alpha value is -1.67. The van der Waals surface area contributed by atoms with Crippen LogP contribution in [0.1, 0.15) is 60.5 Å². The number of carbonyl (C=O) groups excluding carboxylic acids is 1. The molecule has 0 radical (unpaired) electrons. The Morgan fingerprint density at radius 2 is 1.67 bits per heavy atom. The van der Waals surface area contributed by atoms with Crippen molar-refractivity contribution in [2.24, 2.45) is 0 Å². The molecule has 0 unspecified atom stereocenters. The third-order valence-electron chi connectivity index (χ3n) is 4.12. The molecule has 0 amide bonds. The Labute approximate surface area is 153 Å². The Bertz CT molecular complexity index is 671. The minimum absolute atomic E-state index is 0.0162. The summed E-state index contributed by atoms with van der Waals surface area (Å²) < 4.78 is 0.832. The summed E-state index contributed by atoms with van der Waals surface area (Å²) in [5.74, 6) is 0.0162. The SMILES string of the molecule is CCCCCCCc1ccc(C=CC(=O)c2ccccc2Br)cc1. The first-order chi connectivity index (χ1) is 11.7. The van der Waals surface area contributed by atoms with Crippen LogP contribution in [0.2, 0.25) is 0 Å². The molecule has 0 aromatic heterocycles. The van der Waals surface area contributed by atoms with Gasteiger partial charge in [-0.15, -0.1) is 0 Å². The lowest BCUT2D eigenvalue weighted by Crippen LogP contribution is -1.95. The summed E-state index contributed by atoms with van der Waals surface area (Å²) in [6, 6.07) is 16.0. The van der Waals surface area contributed by atoms with Gasteiger partial charge in [0.1, 0.15) is 0 Å². The van der Waals surface area contributed by atoms with Crippen LogP contribution >= 0.6 is 15.9 Å². The molecule has 0 saturated carbocycles. The topological polar surface area (TPSA) is 17.1 Å². The van der Waals surface area contributed by atoms with Crippen molar-refractivity contribution in [2.75, 3.05) is 0 Å². The van der Waals surface area contributed by atoms with Crippen LogP contribution in [0.4, 0.5) is 0 Å².